The van der Waals surface area contributed by atoms with E-state index in [2.05, 4.69) is 6.58 Å². The van der Waals surface area contributed by atoms with E-state index in [-0.39, 0.29) is 0 Å². The first-order valence-corrected chi connectivity index (χ1v) is 5.51. The second-order valence-electron chi connectivity index (χ2n) is 5.01. The Morgan fingerprint density at radius 2 is 2.15 bits per heavy atom. The summed E-state index contributed by atoms with van der Waals surface area (Å²) in [5, 5.41) is 10.2. The average Bonchev–Trinajstić information content (AvgIpc) is 2.26. The van der Waals surface area contributed by atoms with Crippen LogP contribution in [0.4, 0.5) is 0 Å². The molecule has 13 heavy (non-hydrogen) atoms. The fourth-order valence-corrected chi connectivity index (χ4v) is 3.17. The number of fused-ring (bicyclic) bond motifs is 1. The summed E-state index contributed by atoms with van der Waals surface area (Å²) in [7, 11) is 0. The lowest BCUT2D eigenvalue weighted by Crippen LogP contribution is -2.31. The van der Waals surface area contributed by atoms with Crippen LogP contribution in [0.3, 0.4) is 0 Å². The summed E-state index contributed by atoms with van der Waals surface area (Å²) in [5.41, 5.74) is 0.998. The van der Waals surface area contributed by atoms with Crippen molar-refractivity contribution < 1.29 is 5.11 Å². The molecular weight excluding hydrogens is 160 g/mol. The van der Waals surface area contributed by atoms with Crippen LogP contribution in [0.25, 0.3) is 0 Å². The highest BCUT2D eigenvalue weighted by atomic mass is 16.3. The predicted octanol–water partition coefficient (Wildman–Crippen LogP) is 2.89. The number of allylic oxidation sites excluding steroid dienone is 1. The quantitative estimate of drug-likeness (QED) is 0.568. The standard InChI is InChI=1S/C12H20O/c1-9-5-3-4-6-11-10(9)7-8-12(11,2)13/h10-11,13H,1,3-8H2,2H3/t10-,11+,12-/m0/s1. The van der Waals surface area contributed by atoms with E-state index in [0.717, 1.165) is 12.8 Å². The van der Waals surface area contributed by atoms with Gasteiger partial charge in [0.1, 0.15) is 0 Å². The normalized spacial score (nSPS) is 45.8. The van der Waals surface area contributed by atoms with Crippen molar-refractivity contribution in [3.8, 4) is 0 Å². The van der Waals surface area contributed by atoms with Gasteiger partial charge in [-0.2, -0.15) is 0 Å². The summed E-state index contributed by atoms with van der Waals surface area (Å²) < 4.78 is 0. The van der Waals surface area contributed by atoms with Gasteiger partial charge in [0.15, 0.2) is 0 Å². The maximum absolute atomic E-state index is 10.2. The first-order chi connectivity index (χ1) is 6.11. The van der Waals surface area contributed by atoms with E-state index < -0.39 is 5.60 Å². The highest BCUT2D eigenvalue weighted by Gasteiger charge is 2.44. The molecule has 3 atom stereocenters. The second kappa shape index (κ2) is 3.13. The molecule has 0 aromatic rings. The molecular formula is C12H20O. The van der Waals surface area contributed by atoms with Crippen molar-refractivity contribution in [1.29, 1.82) is 0 Å². The Morgan fingerprint density at radius 1 is 1.38 bits per heavy atom. The molecule has 0 aromatic heterocycles. The van der Waals surface area contributed by atoms with E-state index in [4.69, 9.17) is 0 Å². The molecule has 1 N–H and O–H groups in total. The zero-order valence-electron chi connectivity index (χ0n) is 8.55. The Labute approximate surface area is 80.8 Å². The van der Waals surface area contributed by atoms with Gasteiger partial charge in [0.25, 0.3) is 0 Å². The van der Waals surface area contributed by atoms with Gasteiger partial charge in [0.2, 0.25) is 0 Å². The van der Waals surface area contributed by atoms with Gasteiger partial charge in [-0.25, -0.2) is 0 Å². The molecule has 2 saturated carbocycles. The molecule has 0 bridgehead atoms. The third kappa shape index (κ3) is 1.54. The Hall–Kier alpha value is -0.300. The van der Waals surface area contributed by atoms with Gasteiger partial charge >= 0.3 is 0 Å². The number of aliphatic hydroxyl groups is 1. The molecule has 0 radical (unpaired) electrons. The van der Waals surface area contributed by atoms with Crippen molar-refractivity contribution in [2.45, 2.75) is 51.0 Å². The topological polar surface area (TPSA) is 20.2 Å². The van der Waals surface area contributed by atoms with Crippen LogP contribution in [-0.4, -0.2) is 10.7 Å². The minimum Gasteiger partial charge on any atom is -0.390 e. The number of rotatable bonds is 0. The highest BCUT2D eigenvalue weighted by Crippen LogP contribution is 2.48. The fraction of sp³-hybridized carbons (Fsp3) is 0.833. The van der Waals surface area contributed by atoms with Gasteiger partial charge in [-0.3, -0.25) is 0 Å². The van der Waals surface area contributed by atoms with Gasteiger partial charge < -0.3 is 5.11 Å². The molecule has 2 aliphatic rings. The van der Waals surface area contributed by atoms with Gasteiger partial charge in [-0.15, -0.1) is 0 Å². The molecule has 2 aliphatic carbocycles. The van der Waals surface area contributed by atoms with Crippen LogP contribution in [0, 0.1) is 11.8 Å². The third-order valence-corrected chi connectivity index (χ3v) is 4.03. The van der Waals surface area contributed by atoms with Crippen LogP contribution >= 0.6 is 0 Å². The van der Waals surface area contributed by atoms with Gasteiger partial charge in [0, 0.05) is 0 Å². The molecule has 0 unspecified atom stereocenters. The molecule has 0 aliphatic heterocycles. The maximum Gasteiger partial charge on any atom is 0.0653 e. The highest BCUT2D eigenvalue weighted by molar-refractivity contribution is 5.11. The third-order valence-electron chi connectivity index (χ3n) is 4.03. The molecule has 74 valence electrons. The lowest BCUT2D eigenvalue weighted by Gasteiger charge is -2.28. The van der Waals surface area contributed by atoms with E-state index in [0.29, 0.717) is 11.8 Å². The molecule has 0 spiro atoms. The molecule has 1 nitrogen and oxygen atoms in total. The van der Waals surface area contributed by atoms with Crippen LogP contribution in [0.5, 0.6) is 0 Å². The van der Waals surface area contributed by atoms with Crippen molar-refractivity contribution in [3.05, 3.63) is 12.2 Å². The van der Waals surface area contributed by atoms with Crippen molar-refractivity contribution in [1.82, 2.24) is 0 Å². The fourth-order valence-electron chi connectivity index (χ4n) is 3.17. The van der Waals surface area contributed by atoms with E-state index in [1.807, 2.05) is 6.92 Å². The van der Waals surface area contributed by atoms with Crippen LogP contribution < -0.4 is 0 Å². The number of hydrogen-bond donors (Lipinski definition) is 1. The first-order valence-electron chi connectivity index (χ1n) is 5.51. The largest absolute Gasteiger partial charge is 0.390 e. The van der Waals surface area contributed by atoms with Gasteiger partial charge in [-0.05, 0) is 50.9 Å². The van der Waals surface area contributed by atoms with E-state index in [9.17, 15) is 5.11 Å². The molecule has 0 amide bonds. The zero-order valence-corrected chi connectivity index (χ0v) is 8.55. The maximum atomic E-state index is 10.2. The van der Waals surface area contributed by atoms with Gasteiger partial charge in [0.05, 0.1) is 5.60 Å². The summed E-state index contributed by atoms with van der Waals surface area (Å²) in [6.45, 7) is 6.18. The monoisotopic (exact) mass is 180 g/mol. The summed E-state index contributed by atoms with van der Waals surface area (Å²) in [6.07, 6.45) is 7.09. The Bertz CT molecular complexity index is 217. The molecule has 0 heterocycles. The Kier molecular flexibility index (Phi) is 2.23. The van der Waals surface area contributed by atoms with E-state index in [1.165, 1.54) is 31.3 Å². The zero-order chi connectivity index (χ0) is 9.47. The molecule has 1 heteroatoms. The molecule has 0 saturated heterocycles. The Balaban J connectivity index is 2.20. The lowest BCUT2D eigenvalue weighted by atomic mass is 9.82. The van der Waals surface area contributed by atoms with Crippen LogP contribution in [0.1, 0.15) is 45.4 Å². The summed E-state index contributed by atoms with van der Waals surface area (Å²) >= 11 is 0. The minimum absolute atomic E-state index is 0.405. The van der Waals surface area contributed by atoms with Gasteiger partial charge in [-0.1, -0.05) is 18.6 Å². The predicted molar refractivity (Wildman–Crippen MR) is 54.4 cm³/mol. The smallest absolute Gasteiger partial charge is 0.0653 e. The van der Waals surface area contributed by atoms with Crippen molar-refractivity contribution >= 4 is 0 Å². The van der Waals surface area contributed by atoms with E-state index >= 15 is 0 Å². The van der Waals surface area contributed by atoms with E-state index in [1.54, 1.807) is 0 Å². The summed E-state index contributed by atoms with van der Waals surface area (Å²) in [4.78, 5) is 0. The first kappa shape index (κ1) is 9.26. The summed E-state index contributed by atoms with van der Waals surface area (Å²) in [6, 6.07) is 0. The summed E-state index contributed by atoms with van der Waals surface area (Å²) in [5.74, 6) is 1.12. The van der Waals surface area contributed by atoms with Crippen molar-refractivity contribution in [3.63, 3.8) is 0 Å². The minimum atomic E-state index is -0.405. The van der Waals surface area contributed by atoms with Crippen LogP contribution in [0.15, 0.2) is 12.2 Å². The lowest BCUT2D eigenvalue weighted by molar-refractivity contribution is 0.0109. The molecule has 0 aromatic carbocycles. The molecule has 2 fully saturated rings. The number of hydrogen-bond acceptors (Lipinski definition) is 1. The SMILES string of the molecule is C=C1CCCC[C@@H]2[C@H]1CC[C@]2(C)O. The van der Waals surface area contributed by atoms with Crippen molar-refractivity contribution in [2.75, 3.05) is 0 Å². The second-order valence-corrected chi connectivity index (χ2v) is 5.01. The van der Waals surface area contributed by atoms with Crippen LogP contribution in [-0.2, 0) is 0 Å². The average molecular weight is 180 g/mol. The van der Waals surface area contributed by atoms with Crippen molar-refractivity contribution in [2.24, 2.45) is 11.8 Å². The molecule has 2 rings (SSSR count). The Morgan fingerprint density at radius 3 is 2.92 bits per heavy atom. The van der Waals surface area contributed by atoms with Crippen LogP contribution in [0.2, 0.25) is 0 Å².